The third-order valence-electron chi connectivity index (χ3n) is 7.08. The van der Waals surface area contributed by atoms with Crippen molar-refractivity contribution in [1.82, 2.24) is 9.88 Å². The molecule has 2 aliphatic heterocycles. The Morgan fingerprint density at radius 3 is 2.73 bits per heavy atom. The molecule has 40 heavy (non-hydrogen) atoms. The summed E-state index contributed by atoms with van der Waals surface area (Å²) >= 11 is 0. The summed E-state index contributed by atoms with van der Waals surface area (Å²) < 4.78 is 5.53. The molecule has 1 unspecified atom stereocenters. The predicted molar refractivity (Wildman–Crippen MR) is 159 cm³/mol. The zero-order valence-corrected chi connectivity index (χ0v) is 23.7. The molecule has 0 radical (unpaired) electrons. The number of ether oxygens (including phenoxy) is 1. The standard InChI is InChI=1S/C32H37N5O3/c1-5-14-33-28-19-22(12-15-34-28)27-18-23-9-7-11-26(29(23)35-27)36-30(38)24-10-6-8-21(17-24)25-13-16-37(20-25)31(39)40-32(2,3)4/h6-12,15,17,19,25H,5,13-14,16,18,20H2,1-4H3,(H,33,34)(H,36,38). The molecule has 8 nitrogen and oxygen atoms in total. The van der Waals surface area contributed by atoms with Crippen LogP contribution in [-0.4, -0.2) is 52.8 Å². The van der Waals surface area contributed by atoms with Crippen molar-refractivity contribution in [1.29, 1.82) is 0 Å². The predicted octanol–water partition coefficient (Wildman–Crippen LogP) is 6.56. The van der Waals surface area contributed by atoms with Crippen LogP contribution in [0.4, 0.5) is 22.0 Å². The molecular formula is C32H37N5O3. The van der Waals surface area contributed by atoms with Gasteiger partial charge in [0.2, 0.25) is 0 Å². The first-order valence-electron chi connectivity index (χ1n) is 14.0. The van der Waals surface area contributed by atoms with Crippen LogP contribution in [0.2, 0.25) is 0 Å². The Morgan fingerprint density at radius 1 is 1.10 bits per heavy atom. The zero-order valence-electron chi connectivity index (χ0n) is 23.7. The average molecular weight is 540 g/mol. The minimum absolute atomic E-state index is 0.158. The number of hydrogen-bond donors (Lipinski definition) is 2. The molecule has 2 aliphatic rings. The molecule has 1 aromatic heterocycles. The van der Waals surface area contributed by atoms with Crippen molar-refractivity contribution < 1.29 is 14.3 Å². The van der Waals surface area contributed by atoms with Crippen LogP contribution in [0.15, 0.2) is 65.8 Å². The smallest absolute Gasteiger partial charge is 0.410 e. The minimum Gasteiger partial charge on any atom is -0.444 e. The van der Waals surface area contributed by atoms with Crippen molar-refractivity contribution in [2.24, 2.45) is 4.99 Å². The molecule has 1 saturated heterocycles. The zero-order chi connectivity index (χ0) is 28.3. The van der Waals surface area contributed by atoms with Gasteiger partial charge in [-0.3, -0.25) is 4.79 Å². The Morgan fingerprint density at radius 2 is 1.93 bits per heavy atom. The summed E-state index contributed by atoms with van der Waals surface area (Å²) in [5.74, 6) is 0.809. The van der Waals surface area contributed by atoms with Crippen molar-refractivity contribution >= 4 is 34.9 Å². The van der Waals surface area contributed by atoms with Gasteiger partial charge in [0, 0.05) is 49.3 Å². The summed E-state index contributed by atoms with van der Waals surface area (Å²) in [5, 5.41) is 6.41. The fraction of sp³-hybridized carbons (Fsp3) is 0.375. The molecule has 3 heterocycles. The molecule has 2 N–H and O–H groups in total. The fourth-order valence-corrected chi connectivity index (χ4v) is 5.10. The van der Waals surface area contributed by atoms with Crippen LogP contribution >= 0.6 is 0 Å². The molecular weight excluding hydrogens is 502 g/mol. The van der Waals surface area contributed by atoms with Crippen molar-refractivity contribution in [3.63, 3.8) is 0 Å². The number of para-hydroxylation sites is 1. The molecule has 2 aromatic carbocycles. The maximum absolute atomic E-state index is 13.3. The SMILES string of the molecule is CCCNc1cc(C2=Nc3c(cccc3NC(=O)c3cccc(C4CCN(C(=O)OC(C)(C)C)C4)c3)C2)ccn1. The number of anilines is 2. The van der Waals surface area contributed by atoms with E-state index in [1.807, 2.05) is 69.3 Å². The number of carbonyl (C=O) groups excluding carboxylic acids is 2. The van der Waals surface area contributed by atoms with Crippen LogP contribution in [0, 0.1) is 0 Å². The van der Waals surface area contributed by atoms with E-state index in [2.05, 4.69) is 28.6 Å². The van der Waals surface area contributed by atoms with Gasteiger partial charge in [-0.1, -0.05) is 31.2 Å². The number of likely N-dealkylation sites (tertiary alicyclic amines) is 1. The van der Waals surface area contributed by atoms with Gasteiger partial charge in [-0.2, -0.15) is 0 Å². The lowest BCUT2D eigenvalue weighted by Crippen LogP contribution is -2.35. The van der Waals surface area contributed by atoms with Crippen LogP contribution in [0.25, 0.3) is 0 Å². The van der Waals surface area contributed by atoms with Crippen molar-refractivity contribution in [3.05, 3.63) is 83.0 Å². The minimum atomic E-state index is -0.525. The van der Waals surface area contributed by atoms with Gasteiger partial charge in [0.15, 0.2) is 0 Å². The Bertz CT molecular complexity index is 1440. The number of nitrogens with one attached hydrogen (secondary N) is 2. The molecule has 0 bridgehead atoms. The van der Waals surface area contributed by atoms with Crippen LogP contribution in [0.5, 0.6) is 0 Å². The molecule has 0 saturated carbocycles. The lowest BCUT2D eigenvalue weighted by molar-refractivity contribution is 0.0292. The van der Waals surface area contributed by atoms with E-state index < -0.39 is 5.60 Å². The summed E-state index contributed by atoms with van der Waals surface area (Å²) in [5.41, 5.74) is 5.64. The number of pyridine rings is 1. The highest BCUT2D eigenvalue weighted by Crippen LogP contribution is 2.36. The summed E-state index contributed by atoms with van der Waals surface area (Å²) in [6, 6.07) is 17.6. The van der Waals surface area contributed by atoms with Gasteiger partial charge >= 0.3 is 6.09 Å². The lowest BCUT2D eigenvalue weighted by Gasteiger charge is -2.24. The van der Waals surface area contributed by atoms with Gasteiger partial charge in [-0.25, -0.2) is 14.8 Å². The number of aromatic nitrogens is 1. The summed E-state index contributed by atoms with van der Waals surface area (Å²) in [4.78, 5) is 36.9. The summed E-state index contributed by atoms with van der Waals surface area (Å²) in [7, 11) is 0. The highest BCUT2D eigenvalue weighted by atomic mass is 16.6. The van der Waals surface area contributed by atoms with E-state index in [0.717, 1.165) is 53.3 Å². The molecule has 1 fully saturated rings. The first-order chi connectivity index (χ1) is 19.2. The first kappa shape index (κ1) is 27.4. The lowest BCUT2D eigenvalue weighted by atomic mass is 9.96. The van der Waals surface area contributed by atoms with E-state index in [4.69, 9.17) is 9.73 Å². The molecule has 0 spiro atoms. The molecule has 5 rings (SSSR count). The molecule has 1 atom stereocenters. The maximum atomic E-state index is 13.3. The fourth-order valence-electron chi connectivity index (χ4n) is 5.10. The van der Waals surface area contributed by atoms with Crippen molar-refractivity contribution in [2.75, 3.05) is 30.3 Å². The number of nitrogens with zero attached hydrogens (tertiary/aromatic N) is 3. The average Bonchev–Trinajstić information content (AvgIpc) is 3.60. The van der Waals surface area contributed by atoms with Crippen LogP contribution < -0.4 is 10.6 Å². The molecule has 3 aromatic rings. The van der Waals surface area contributed by atoms with E-state index >= 15 is 0 Å². The van der Waals surface area contributed by atoms with Crippen LogP contribution in [-0.2, 0) is 11.2 Å². The number of carbonyl (C=O) groups is 2. The quantitative estimate of drug-likeness (QED) is 0.355. The van der Waals surface area contributed by atoms with Crippen molar-refractivity contribution in [2.45, 2.75) is 58.5 Å². The van der Waals surface area contributed by atoms with E-state index in [-0.39, 0.29) is 17.9 Å². The van der Waals surface area contributed by atoms with E-state index in [9.17, 15) is 9.59 Å². The van der Waals surface area contributed by atoms with Gasteiger partial charge < -0.3 is 20.3 Å². The Balaban J connectivity index is 1.29. The van der Waals surface area contributed by atoms with Crippen LogP contribution in [0.1, 0.15) is 73.5 Å². The number of benzene rings is 2. The number of fused-ring (bicyclic) bond motifs is 1. The van der Waals surface area contributed by atoms with Crippen LogP contribution in [0.3, 0.4) is 0 Å². The highest BCUT2D eigenvalue weighted by molar-refractivity contribution is 6.11. The molecule has 208 valence electrons. The third kappa shape index (κ3) is 6.33. The monoisotopic (exact) mass is 539 g/mol. The van der Waals surface area contributed by atoms with Gasteiger partial charge in [-0.15, -0.1) is 0 Å². The second-order valence-corrected chi connectivity index (χ2v) is 11.4. The summed E-state index contributed by atoms with van der Waals surface area (Å²) in [6.45, 7) is 9.81. The summed E-state index contributed by atoms with van der Waals surface area (Å²) in [6.07, 6.45) is 4.06. The van der Waals surface area contributed by atoms with Gasteiger partial charge in [0.25, 0.3) is 5.91 Å². The van der Waals surface area contributed by atoms with Gasteiger partial charge in [0.1, 0.15) is 11.4 Å². The topological polar surface area (TPSA) is 95.9 Å². The maximum Gasteiger partial charge on any atom is 0.410 e. The van der Waals surface area contributed by atoms with E-state index in [1.54, 1.807) is 11.1 Å². The largest absolute Gasteiger partial charge is 0.444 e. The van der Waals surface area contributed by atoms with E-state index in [0.29, 0.717) is 30.8 Å². The number of aliphatic imine (C=N–C) groups is 1. The Kier molecular flexibility index (Phi) is 7.87. The second-order valence-electron chi connectivity index (χ2n) is 11.4. The van der Waals surface area contributed by atoms with Gasteiger partial charge in [0.05, 0.1) is 17.1 Å². The molecule has 8 heteroatoms. The first-order valence-corrected chi connectivity index (χ1v) is 14.0. The highest BCUT2D eigenvalue weighted by Gasteiger charge is 2.31. The van der Waals surface area contributed by atoms with Gasteiger partial charge in [-0.05, 0) is 75.1 Å². The number of rotatable bonds is 7. The molecule has 2 amide bonds. The number of hydrogen-bond acceptors (Lipinski definition) is 6. The second kappa shape index (κ2) is 11.5. The number of amides is 2. The molecule has 0 aliphatic carbocycles. The van der Waals surface area contributed by atoms with Crippen molar-refractivity contribution in [3.8, 4) is 0 Å². The Labute approximate surface area is 235 Å². The third-order valence-corrected chi connectivity index (χ3v) is 7.08. The van der Waals surface area contributed by atoms with E-state index in [1.165, 1.54) is 0 Å². The normalized spacial score (nSPS) is 16.4. The Hall–Kier alpha value is -4.20.